The van der Waals surface area contributed by atoms with Gasteiger partial charge in [0.05, 0.1) is 52.2 Å². The van der Waals surface area contributed by atoms with Gasteiger partial charge in [-0.15, -0.1) is 0 Å². The first-order valence-electron chi connectivity index (χ1n) is 17.2. The second-order valence-corrected chi connectivity index (χ2v) is 12.1. The van der Waals surface area contributed by atoms with Gasteiger partial charge in [-0.3, -0.25) is 19.8 Å². The molecule has 2 rings (SSSR count). The largest absolute Gasteiger partial charge is 0.508 e. The molecule has 18 nitrogen and oxygen atoms in total. The number of hydrogen-bond acceptors (Lipinski definition) is 13. The van der Waals surface area contributed by atoms with E-state index < -0.39 is 35.9 Å². The molecule has 0 saturated heterocycles. The highest BCUT2D eigenvalue weighted by Gasteiger charge is 2.17. The summed E-state index contributed by atoms with van der Waals surface area (Å²) in [7, 11) is 0. The maximum Gasteiger partial charge on any atom is 0.426 e. The third-order valence-corrected chi connectivity index (χ3v) is 7.25. The fourth-order valence-corrected chi connectivity index (χ4v) is 4.21. The number of carbonyl (C=O) groups excluding carboxylic acids is 5. The van der Waals surface area contributed by atoms with Crippen molar-refractivity contribution in [2.24, 2.45) is 17.4 Å². The number of nitrogens with two attached hydrogens (primary N) is 2. The van der Waals surface area contributed by atoms with Crippen molar-refractivity contribution in [3.63, 3.8) is 0 Å². The Morgan fingerprint density at radius 1 is 0.698 bits per heavy atom. The molecule has 53 heavy (non-hydrogen) atoms. The van der Waals surface area contributed by atoms with Crippen LogP contribution in [0.5, 0.6) is 5.75 Å². The molecular formula is C35H53N7O11. The van der Waals surface area contributed by atoms with Crippen molar-refractivity contribution in [3.8, 4) is 5.75 Å². The molecule has 0 aromatic heterocycles. The van der Waals surface area contributed by atoms with Crippen LogP contribution in [0.25, 0.3) is 0 Å². The maximum absolute atomic E-state index is 12.1. The zero-order valence-corrected chi connectivity index (χ0v) is 30.2. The summed E-state index contributed by atoms with van der Waals surface area (Å²) in [6, 6.07) is 12.4. The number of hydrazine groups is 1. The Labute approximate surface area is 308 Å². The molecule has 0 aliphatic carbocycles. The van der Waals surface area contributed by atoms with E-state index in [0.29, 0.717) is 43.9 Å². The highest BCUT2D eigenvalue weighted by atomic mass is 16.6. The van der Waals surface area contributed by atoms with Crippen LogP contribution in [-0.4, -0.2) is 106 Å². The van der Waals surface area contributed by atoms with Crippen LogP contribution in [0.15, 0.2) is 48.5 Å². The molecule has 0 unspecified atom stereocenters. The molecule has 10 N–H and O–H groups in total. The van der Waals surface area contributed by atoms with Gasteiger partial charge in [0.2, 0.25) is 17.7 Å². The van der Waals surface area contributed by atoms with Gasteiger partial charge in [0.15, 0.2) is 0 Å². The van der Waals surface area contributed by atoms with Gasteiger partial charge in [-0.2, -0.15) is 0 Å². The number of alkyl carbamates (subject to hydrolysis) is 1. The average molecular weight is 748 g/mol. The molecule has 0 bridgehead atoms. The fraction of sp³-hybridized carbons (Fsp3) is 0.514. The minimum atomic E-state index is -0.825. The van der Waals surface area contributed by atoms with Crippen LogP contribution < -0.4 is 38.3 Å². The number of nitrogens with one attached hydrogen (secondary N) is 5. The van der Waals surface area contributed by atoms with Crippen LogP contribution in [0.2, 0.25) is 0 Å². The fourth-order valence-electron chi connectivity index (χ4n) is 4.21. The van der Waals surface area contributed by atoms with Crippen molar-refractivity contribution >= 4 is 35.6 Å². The van der Waals surface area contributed by atoms with Crippen molar-refractivity contribution < 1.29 is 52.8 Å². The number of phenolic OH excluding ortho intramolecular Hbond substituents is 1. The van der Waals surface area contributed by atoms with Gasteiger partial charge in [-0.05, 0) is 54.2 Å². The molecule has 0 aliphatic heterocycles. The predicted octanol–water partition coefficient (Wildman–Crippen LogP) is 0.814. The summed E-state index contributed by atoms with van der Waals surface area (Å²) < 4.78 is 26.2. The van der Waals surface area contributed by atoms with Gasteiger partial charge >= 0.3 is 12.2 Å². The lowest BCUT2D eigenvalue weighted by Gasteiger charge is -2.15. The number of rotatable bonds is 24. The molecule has 2 aromatic carbocycles. The SMILES string of the molecule is CC(C)[C@H](N)C(=O)NCC(=O)Nc1ccc(COC(=O)NCCOCCOCCOCCOC(=O)NNC(=O)CC[C@@H](N)Cc2ccc(O)cc2)cc1. The van der Waals surface area contributed by atoms with E-state index in [1.54, 1.807) is 48.5 Å². The van der Waals surface area contributed by atoms with Gasteiger partial charge in [0, 0.05) is 24.7 Å². The van der Waals surface area contributed by atoms with Crippen molar-refractivity contribution in [2.75, 3.05) is 64.7 Å². The van der Waals surface area contributed by atoms with Crippen LogP contribution in [-0.2, 0) is 51.1 Å². The number of carbonyl (C=O) groups is 5. The highest BCUT2D eigenvalue weighted by molar-refractivity contribution is 5.95. The smallest absolute Gasteiger partial charge is 0.426 e. The summed E-state index contributed by atoms with van der Waals surface area (Å²) in [5, 5.41) is 17.1. The Balaban J connectivity index is 1.37. The second kappa shape index (κ2) is 25.9. The molecular weight excluding hydrogens is 694 g/mol. The summed E-state index contributed by atoms with van der Waals surface area (Å²) >= 11 is 0. The average Bonchev–Trinajstić information content (AvgIpc) is 3.14. The summed E-state index contributed by atoms with van der Waals surface area (Å²) in [6.07, 6.45) is -0.363. The van der Waals surface area contributed by atoms with Crippen molar-refractivity contribution in [1.29, 1.82) is 0 Å². The van der Waals surface area contributed by atoms with Crippen molar-refractivity contribution in [2.45, 2.75) is 51.8 Å². The van der Waals surface area contributed by atoms with E-state index in [-0.39, 0.29) is 70.3 Å². The Morgan fingerprint density at radius 2 is 1.30 bits per heavy atom. The molecule has 0 heterocycles. The van der Waals surface area contributed by atoms with Crippen LogP contribution >= 0.6 is 0 Å². The lowest BCUT2D eigenvalue weighted by atomic mass is 10.0. The molecule has 0 aliphatic rings. The molecule has 294 valence electrons. The maximum atomic E-state index is 12.1. The molecule has 0 fully saturated rings. The standard InChI is InChI=1S/C35H53N7O11/c1-24(2)32(37)33(46)39-22-31(45)40-28-8-3-26(4-9-28)23-53-34(47)38-13-14-49-15-16-50-17-18-51-19-20-52-35(48)42-41-30(44)12-7-27(36)21-25-5-10-29(43)11-6-25/h3-6,8-11,24,27,32,43H,7,12-23,36-37H2,1-2H3,(H,38,47)(H,39,46)(H,40,45)(H,41,44)(H,42,48)/t27-,32+/m1/s1. The summed E-state index contributed by atoms with van der Waals surface area (Å²) in [6.45, 7) is 5.23. The number of ether oxygens (including phenoxy) is 5. The molecule has 18 heteroatoms. The Kier molecular flexibility index (Phi) is 21.5. The third-order valence-electron chi connectivity index (χ3n) is 7.25. The molecule has 5 amide bonds. The van der Waals surface area contributed by atoms with Crippen LogP contribution in [0.1, 0.15) is 37.8 Å². The molecule has 0 radical (unpaired) electrons. The lowest BCUT2D eigenvalue weighted by molar-refractivity contribution is -0.125. The van der Waals surface area contributed by atoms with Crippen molar-refractivity contribution in [1.82, 2.24) is 21.5 Å². The minimum absolute atomic E-state index is 0.0258. The van der Waals surface area contributed by atoms with Gasteiger partial charge in [0.25, 0.3) is 0 Å². The normalized spacial score (nSPS) is 11.9. The zero-order valence-electron chi connectivity index (χ0n) is 30.2. The summed E-state index contributed by atoms with van der Waals surface area (Å²) in [5.41, 5.74) is 18.4. The summed E-state index contributed by atoms with van der Waals surface area (Å²) in [4.78, 5) is 59.5. The van der Waals surface area contributed by atoms with Crippen LogP contribution in [0.4, 0.5) is 15.3 Å². The number of hydrogen-bond donors (Lipinski definition) is 8. The van der Waals surface area contributed by atoms with Gasteiger partial charge < -0.3 is 56.2 Å². The Hall–Kier alpha value is -5.01. The minimum Gasteiger partial charge on any atom is -0.508 e. The van der Waals surface area contributed by atoms with Gasteiger partial charge in [0.1, 0.15) is 19.0 Å². The monoisotopic (exact) mass is 747 g/mol. The van der Waals surface area contributed by atoms with Gasteiger partial charge in [-0.25, -0.2) is 15.0 Å². The first kappa shape index (κ1) is 44.2. The van der Waals surface area contributed by atoms with E-state index in [9.17, 15) is 29.1 Å². The topological polar surface area (TPSA) is 264 Å². The Bertz CT molecular complexity index is 1400. The van der Waals surface area contributed by atoms with Crippen LogP contribution in [0, 0.1) is 5.92 Å². The zero-order chi connectivity index (χ0) is 38.8. The van der Waals surface area contributed by atoms with E-state index in [2.05, 4.69) is 26.8 Å². The van der Waals surface area contributed by atoms with Gasteiger partial charge in [-0.1, -0.05) is 38.1 Å². The number of anilines is 1. The number of aromatic hydroxyl groups is 1. The first-order valence-corrected chi connectivity index (χ1v) is 17.2. The van der Waals surface area contributed by atoms with Crippen LogP contribution in [0.3, 0.4) is 0 Å². The number of benzene rings is 2. The highest BCUT2D eigenvalue weighted by Crippen LogP contribution is 2.12. The molecule has 2 aromatic rings. The number of phenols is 1. The first-order chi connectivity index (χ1) is 25.4. The van der Waals surface area contributed by atoms with Crippen molar-refractivity contribution in [3.05, 3.63) is 59.7 Å². The van der Waals surface area contributed by atoms with E-state index in [0.717, 1.165) is 5.56 Å². The molecule has 0 spiro atoms. The molecule has 2 atom stereocenters. The van der Waals surface area contributed by atoms with E-state index in [4.69, 9.17) is 35.2 Å². The second-order valence-electron chi connectivity index (χ2n) is 12.1. The number of amides is 5. The lowest BCUT2D eigenvalue weighted by Crippen LogP contribution is -2.46. The Morgan fingerprint density at radius 3 is 1.94 bits per heavy atom. The van der Waals surface area contributed by atoms with E-state index in [1.165, 1.54) is 0 Å². The molecule has 0 saturated carbocycles. The predicted molar refractivity (Wildman–Crippen MR) is 193 cm³/mol. The third kappa shape index (κ3) is 21.2. The quantitative estimate of drug-likeness (QED) is 0.0547. The van der Waals surface area contributed by atoms with E-state index >= 15 is 0 Å². The van der Waals surface area contributed by atoms with E-state index in [1.807, 2.05) is 13.8 Å². The summed E-state index contributed by atoms with van der Waals surface area (Å²) in [5.74, 6) is -1.07.